The number of para-hydroxylation sites is 1. The zero-order valence-corrected chi connectivity index (χ0v) is 15.1. The summed E-state index contributed by atoms with van der Waals surface area (Å²) in [6, 6.07) is 9.54. The van der Waals surface area contributed by atoms with Crippen molar-refractivity contribution in [1.82, 2.24) is 4.98 Å². The maximum atomic E-state index is 12.7. The summed E-state index contributed by atoms with van der Waals surface area (Å²) in [6.07, 6.45) is 1.77. The summed E-state index contributed by atoms with van der Waals surface area (Å²) >= 11 is 0. The molecule has 0 bridgehead atoms. The molecule has 1 aromatic heterocycles. The Labute approximate surface area is 153 Å². The number of nitrogens with one attached hydrogen (secondary N) is 1. The Morgan fingerprint density at radius 1 is 1.19 bits per heavy atom. The van der Waals surface area contributed by atoms with Crippen LogP contribution in [0.15, 0.2) is 36.5 Å². The van der Waals surface area contributed by atoms with Crippen LogP contribution >= 0.6 is 0 Å². The molecular weight excluding hydrogens is 330 g/mol. The van der Waals surface area contributed by atoms with E-state index in [0.717, 1.165) is 37.7 Å². The first-order valence-corrected chi connectivity index (χ1v) is 9.03. The highest BCUT2D eigenvalue weighted by Crippen LogP contribution is 2.40. The Balaban J connectivity index is 1.49. The standard InChI is InChI=1S/C20H23N3O3/c1-13-14(2)26-19-16(13)4-3-5-17(19)20(24)22-15-6-7-18(21-12-15)23-8-10-25-11-9-23/h3-7,12-14H,8-11H2,1-2H3,(H,22,24). The van der Waals surface area contributed by atoms with Crippen LogP contribution in [0.3, 0.4) is 0 Å². The number of rotatable bonds is 3. The number of ether oxygens (including phenoxy) is 2. The molecular formula is C20H23N3O3. The molecule has 26 heavy (non-hydrogen) atoms. The number of nitrogens with zero attached hydrogens (tertiary/aromatic N) is 2. The fraction of sp³-hybridized carbons (Fsp3) is 0.400. The summed E-state index contributed by atoms with van der Waals surface area (Å²) in [7, 11) is 0. The molecule has 0 radical (unpaired) electrons. The number of morpholine rings is 1. The molecule has 136 valence electrons. The van der Waals surface area contributed by atoms with Gasteiger partial charge < -0.3 is 19.7 Å². The zero-order valence-electron chi connectivity index (χ0n) is 15.1. The molecule has 4 rings (SSSR count). The van der Waals surface area contributed by atoms with Gasteiger partial charge in [-0.2, -0.15) is 0 Å². The molecule has 2 atom stereocenters. The summed E-state index contributed by atoms with van der Waals surface area (Å²) in [5.74, 6) is 1.71. The fourth-order valence-electron chi connectivity index (χ4n) is 3.40. The Morgan fingerprint density at radius 2 is 2.00 bits per heavy atom. The second kappa shape index (κ2) is 6.96. The summed E-state index contributed by atoms with van der Waals surface area (Å²) in [6.45, 7) is 7.25. The van der Waals surface area contributed by atoms with Crippen molar-refractivity contribution < 1.29 is 14.3 Å². The van der Waals surface area contributed by atoms with Gasteiger partial charge in [-0.1, -0.05) is 19.1 Å². The van der Waals surface area contributed by atoms with Crippen molar-refractivity contribution in [2.45, 2.75) is 25.9 Å². The zero-order chi connectivity index (χ0) is 18.1. The summed E-state index contributed by atoms with van der Waals surface area (Å²) in [5.41, 5.74) is 2.32. The minimum Gasteiger partial charge on any atom is -0.489 e. The van der Waals surface area contributed by atoms with Gasteiger partial charge in [0.1, 0.15) is 17.7 Å². The number of fused-ring (bicyclic) bond motifs is 1. The molecule has 0 saturated carbocycles. The lowest BCUT2D eigenvalue weighted by Crippen LogP contribution is -2.36. The minimum atomic E-state index is -0.177. The van der Waals surface area contributed by atoms with Crippen LogP contribution in [0.4, 0.5) is 11.5 Å². The molecule has 1 saturated heterocycles. The van der Waals surface area contributed by atoms with Crippen LogP contribution in [-0.4, -0.2) is 43.3 Å². The fourth-order valence-corrected chi connectivity index (χ4v) is 3.40. The number of pyridine rings is 1. The molecule has 2 aliphatic heterocycles. The quantitative estimate of drug-likeness (QED) is 0.919. The van der Waals surface area contributed by atoms with E-state index < -0.39 is 0 Å². The molecule has 1 fully saturated rings. The average molecular weight is 353 g/mol. The number of anilines is 2. The molecule has 2 aromatic rings. The van der Waals surface area contributed by atoms with Crippen LogP contribution in [0.2, 0.25) is 0 Å². The molecule has 6 heteroatoms. The van der Waals surface area contributed by atoms with Gasteiger partial charge in [-0.3, -0.25) is 4.79 Å². The first kappa shape index (κ1) is 16.8. The van der Waals surface area contributed by atoms with Crippen molar-refractivity contribution in [1.29, 1.82) is 0 Å². The van der Waals surface area contributed by atoms with Crippen molar-refractivity contribution in [2.24, 2.45) is 0 Å². The maximum Gasteiger partial charge on any atom is 0.259 e. The third-order valence-corrected chi connectivity index (χ3v) is 5.13. The largest absolute Gasteiger partial charge is 0.489 e. The smallest absolute Gasteiger partial charge is 0.259 e. The van der Waals surface area contributed by atoms with Crippen LogP contribution in [0.25, 0.3) is 0 Å². The van der Waals surface area contributed by atoms with Crippen LogP contribution in [0.1, 0.15) is 35.7 Å². The monoisotopic (exact) mass is 353 g/mol. The van der Waals surface area contributed by atoms with Gasteiger partial charge >= 0.3 is 0 Å². The van der Waals surface area contributed by atoms with Gasteiger partial charge in [0, 0.05) is 24.6 Å². The van der Waals surface area contributed by atoms with E-state index in [0.29, 0.717) is 17.0 Å². The van der Waals surface area contributed by atoms with Crippen molar-refractivity contribution in [3.8, 4) is 5.75 Å². The van der Waals surface area contributed by atoms with Crippen LogP contribution in [-0.2, 0) is 4.74 Å². The molecule has 1 amide bonds. The number of aromatic nitrogens is 1. The Kier molecular flexibility index (Phi) is 4.51. The van der Waals surface area contributed by atoms with Crippen LogP contribution in [0.5, 0.6) is 5.75 Å². The van der Waals surface area contributed by atoms with Gasteiger partial charge in [-0.05, 0) is 25.1 Å². The van der Waals surface area contributed by atoms with E-state index in [2.05, 4.69) is 22.1 Å². The van der Waals surface area contributed by atoms with Crippen molar-refractivity contribution in [3.05, 3.63) is 47.7 Å². The topological polar surface area (TPSA) is 63.7 Å². The lowest BCUT2D eigenvalue weighted by molar-refractivity contribution is 0.102. The Hall–Kier alpha value is -2.60. The Bertz CT molecular complexity index is 800. The van der Waals surface area contributed by atoms with E-state index in [1.165, 1.54) is 0 Å². The van der Waals surface area contributed by atoms with E-state index in [-0.39, 0.29) is 17.9 Å². The third kappa shape index (κ3) is 3.12. The van der Waals surface area contributed by atoms with Gasteiger partial charge in [0.05, 0.1) is 30.7 Å². The second-order valence-electron chi connectivity index (χ2n) is 6.79. The molecule has 2 unspecified atom stereocenters. The lowest BCUT2D eigenvalue weighted by atomic mass is 9.97. The van der Waals surface area contributed by atoms with Gasteiger partial charge in [-0.15, -0.1) is 0 Å². The molecule has 1 N–H and O–H groups in total. The predicted molar refractivity (Wildman–Crippen MR) is 100 cm³/mol. The molecule has 0 aliphatic carbocycles. The van der Waals surface area contributed by atoms with E-state index >= 15 is 0 Å². The number of carbonyl (C=O) groups excluding carboxylic acids is 1. The van der Waals surface area contributed by atoms with Gasteiger partial charge in [-0.25, -0.2) is 4.98 Å². The summed E-state index contributed by atoms with van der Waals surface area (Å²) in [5, 5.41) is 2.92. The van der Waals surface area contributed by atoms with Crippen molar-refractivity contribution in [3.63, 3.8) is 0 Å². The van der Waals surface area contributed by atoms with Crippen LogP contribution in [0, 0.1) is 0 Å². The normalized spacial score (nSPS) is 21.8. The Morgan fingerprint density at radius 3 is 2.73 bits per heavy atom. The van der Waals surface area contributed by atoms with E-state index in [9.17, 15) is 4.79 Å². The summed E-state index contributed by atoms with van der Waals surface area (Å²) < 4.78 is 11.3. The number of hydrogen-bond acceptors (Lipinski definition) is 5. The van der Waals surface area contributed by atoms with Gasteiger partial charge in [0.2, 0.25) is 0 Å². The van der Waals surface area contributed by atoms with E-state index in [1.807, 2.05) is 31.2 Å². The highest BCUT2D eigenvalue weighted by atomic mass is 16.5. The molecule has 6 nitrogen and oxygen atoms in total. The first-order valence-electron chi connectivity index (χ1n) is 9.03. The first-order chi connectivity index (χ1) is 12.6. The molecule has 2 aliphatic rings. The average Bonchev–Trinajstić information content (AvgIpc) is 2.97. The highest BCUT2D eigenvalue weighted by molar-refractivity contribution is 6.06. The highest BCUT2D eigenvalue weighted by Gasteiger charge is 2.31. The number of carbonyl (C=O) groups is 1. The SMILES string of the molecule is CC1Oc2c(C(=O)Nc3ccc(N4CCOCC4)nc3)cccc2C1C. The van der Waals surface area contributed by atoms with Gasteiger partial charge in [0.15, 0.2) is 0 Å². The number of benzene rings is 1. The van der Waals surface area contributed by atoms with Gasteiger partial charge in [0.25, 0.3) is 5.91 Å². The molecule has 1 aromatic carbocycles. The molecule has 3 heterocycles. The third-order valence-electron chi connectivity index (χ3n) is 5.13. The van der Waals surface area contributed by atoms with Crippen molar-refractivity contribution >= 4 is 17.4 Å². The molecule has 0 spiro atoms. The summed E-state index contributed by atoms with van der Waals surface area (Å²) in [4.78, 5) is 19.4. The number of amides is 1. The van der Waals surface area contributed by atoms with E-state index in [4.69, 9.17) is 9.47 Å². The number of hydrogen-bond donors (Lipinski definition) is 1. The maximum absolute atomic E-state index is 12.7. The predicted octanol–water partition coefficient (Wildman–Crippen LogP) is 3.05. The van der Waals surface area contributed by atoms with E-state index in [1.54, 1.807) is 12.3 Å². The van der Waals surface area contributed by atoms with Crippen LogP contribution < -0.4 is 15.0 Å². The van der Waals surface area contributed by atoms with Crippen molar-refractivity contribution in [2.75, 3.05) is 36.5 Å². The minimum absolute atomic E-state index is 0.0772. The lowest BCUT2D eigenvalue weighted by Gasteiger charge is -2.27. The second-order valence-corrected chi connectivity index (χ2v) is 6.79.